The van der Waals surface area contributed by atoms with Crippen LogP contribution in [0.25, 0.3) is 11.6 Å². The average molecular weight is 439 g/mol. The quantitative estimate of drug-likeness (QED) is 0.413. The minimum absolute atomic E-state index is 0.631. The molecule has 6 rings (SSSR count). The number of rotatable bonds is 5. The molecule has 0 N–H and O–H groups in total. The van der Waals surface area contributed by atoms with Crippen molar-refractivity contribution in [3.05, 3.63) is 80.9 Å². The number of fused-ring (bicyclic) bond motifs is 4. The van der Waals surface area contributed by atoms with Crippen LogP contribution in [0.3, 0.4) is 0 Å². The second-order valence-electron chi connectivity index (χ2n) is 11.6. The molecule has 0 spiro atoms. The van der Waals surface area contributed by atoms with E-state index in [1.165, 1.54) is 56.9 Å². The van der Waals surface area contributed by atoms with Gasteiger partial charge in [-0.15, -0.1) is 0 Å². The van der Waals surface area contributed by atoms with Gasteiger partial charge in [0.05, 0.1) is 8.07 Å². The Hall–Kier alpha value is -1.86. The van der Waals surface area contributed by atoms with Gasteiger partial charge in [-0.3, -0.25) is 0 Å². The molecule has 0 amide bonds. The maximum atomic E-state index is 2.76. The summed E-state index contributed by atoms with van der Waals surface area (Å²) in [4.78, 5) is 0. The minimum atomic E-state index is -1.68. The van der Waals surface area contributed by atoms with Crippen molar-refractivity contribution in [3.8, 4) is 0 Å². The van der Waals surface area contributed by atoms with Crippen LogP contribution in [0.15, 0.2) is 36.4 Å². The largest absolute Gasteiger partial charge is 0.0791 e. The molecule has 166 valence electrons. The van der Waals surface area contributed by atoms with Gasteiger partial charge in [0.2, 0.25) is 0 Å². The molecule has 1 heteroatoms. The standard InChI is InChI=1S/C31H38Si/c1-5-8-20(2)26-19-31(29-18-24-12-7-11-23(24)17-28(26)29)32(3,4)30-14-13-25-15-21-9-6-10-22(21)16-27(25)30/h13-20,30-31H,5-12H2,1-4H3. The zero-order chi connectivity index (χ0) is 22.0. The van der Waals surface area contributed by atoms with Crippen molar-refractivity contribution in [2.75, 3.05) is 0 Å². The molecule has 0 nitrogen and oxygen atoms in total. The van der Waals surface area contributed by atoms with E-state index in [9.17, 15) is 0 Å². The third-order valence-electron chi connectivity index (χ3n) is 9.21. The molecule has 0 fully saturated rings. The van der Waals surface area contributed by atoms with Gasteiger partial charge in [0.15, 0.2) is 0 Å². The van der Waals surface area contributed by atoms with E-state index in [-0.39, 0.29) is 0 Å². The van der Waals surface area contributed by atoms with Gasteiger partial charge in [-0.25, -0.2) is 0 Å². The summed E-state index contributed by atoms with van der Waals surface area (Å²) in [6, 6.07) is 10.4. The number of hydrogen-bond acceptors (Lipinski definition) is 0. The smallest absolute Gasteiger partial charge is 0.0715 e. The lowest BCUT2D eigenvalue weighted by molar-refractivity contribution is 0.650. The summed E-state index contributed by atoms with van der Waals surface area (Å²) < 4.78 is 0. The molecule has 0 aliphatic heterocycles. The highest BCUT2D eigenvalue weighted by Gasteiger charge is 2.45. The van der Waals surface area contributed by atoms with Gasteiger partial charge in [-0.1, -0.05) is 75.9 Å². The van der Waals surface area contributed by atoms with E-state index < -0.39 is 8.07 Å². The highest BCUT2D eigenvalue weighted by molar-refractivity contribution is 6.81. The molecule has 2 aromatic rings. The molecule has 3 atom stereocenters. The van der Waals surface area contributed by atoms with Crippen molar-refractivity contribution in [3.63, 3.8) is 0 Å². The van der Waals surface area contributed by atoms with E-state index in [1.807, 2.05) is 0 Å². The first-order valence-corrected chi connectivity index (χ1v) is 16.3. The lowest BCUT2D eigenvalue weighted by Gasteiger charge is -2.36. The first kappa shape index (κ1) is 20.7. The summed E-state index contributed by atoms with van der Waals surface area (Å²) >= 11 is 0. The van der Waals surface area contributed by atoms with Crippen LogP contribution in [0.5, 0.6) is 0 Å². The first-order valence-electron chi connectivity index (χ1n) is 13.2. The second kappa shape index (κ2) is 7.59. The minimum Gasteiger partial charge on any atom is -0.0791 e. The van der Waals surface area contributed by atoms with Crippen LogP contribution in [0, 0.1) is 5.92 Å². The number of benzene rings is 2. The van der Waals surface area contributed by atoms with Crippen LogP contribution < -0.4 is 0 Å². The third kappa shape index (κ3) is 3.07. The topological polar surface area (TPSA) is 0 Å². The van der Waals surface area contributed by atoms with Crippen molar-refractivity contribution in [1.82, 2.24) is 0 Å². The highest BCUT2D eigenvalue weighted by atomic mass is 28.3. The maximum absolute atomic E-state index is 2.76. The number of hydrogen-bond donors (Lipinski definition) is 0. The van der Waals surface area contributed by atoms with Crippen LogP contribution in [-0.4, -0.2) is 8.07 Å². The first-order chi connectivity index (χ1) is 15.5. The fourth-order valence-corrected chi connectivity index (χ4v) is 11.0. The number of allylic oxidation sites excluding steroid dienone is 3. The van der Waals surface area contributed by atoms with Gasteiger partial charge >= 0.3 is 0 Å². The predicted molar refractivity (Wildman–Crippen MR) is 141 cm³/mol. The Kier molecular flexibility index (Phi) is 4.91. The van der Waals surface area contributed by atoms with E-state index in [1.54, 1.807) is 44.5 Å². The van der Waals surface area contributed by atoms with E-state index >= 15 is 0 Å². The summed E-state index contributed by atoms with van der Waals surface area (Å²) in [7, 11) is -1.68. The molecule has 32 heavy (non-hydrogen) atoms. The normalized spacial score (nSPS) is 23.7. The zero-order valence-corrected chi connectivity index (χ0v) is 21.4. The monoisotopic (exact) mass is 438 g/mol. The summed E-state index contributed by atoms with van der Waals surface area (Å²) in [5, 5.41) is 0. The van der Waals surface area contributed by atoms with E-state index in [2.05, 4.69) is 69.4 Å². The Morgan fingerprint density at radius 3 is 2.16 bits per heavy atom. The van der Waals surface area contributed by atoms with Gasteiger partial charge in [-0.2, -0.15) is 0 Å². The summed E-state index contributed by atoms with van der Waals surface area (Å²) in [6.07, 6.45) is 18.2. The molecule has 0 radical (unpaired) electrons. The molecule has 3 unspecified atom stereocenters. The molecular weight excluding hydrogens is 400 g/mol. The summed E-state index contributed by atoms with van der Waals surface area (Å²) in [6.45, 7) is 10.2. The fourth-order valence-electron chi connectivity index (χ4n) is 7.37. The van der Waals surface area contributed by atoms with Crippen molar-refractivity contribution in [2.24, 2.45) is 5.92 Å². The third-order valence-corrected chi connectivity index (χ3v) is 13.4. The molecule has 4 aliphatic carbocycles. The summed E-state index contributed by atoms with van der Waals surface area (Å²) in [5.74, 6) is 0.669. The van der Waals surface area contributed by atoms with E-state index in [4.69, 9.17) is 0 Å². The van der Waals surface area contributed by atoms with Crippen LogP contribution >= 0.6 is 0 Å². The van der Waals surface area contributed by atoms with Crippen molar-refractivity contribution in [2.45, 2.75) is 89.4 Å². The Bertz CT molecular complexity index is 1150. The Labute approximate surface area is 195 Å². The molecule has 0 saturated heterocycles. The Morgan fingerprint density at radius 2 is 1.47 bits per heavy atom. The zero-order valence-electron chi connectivity index (χ0n) is 20.4. The van der Waals surface area contributed by atoms with E-state index in [0.717, 1.165) is 0 Å². The molecular formula is C31H38Si. The Morgan fingerprint density at radius 1 is 0.844 bits per heavy atom. The molecule has 0 heterocycles. The van der Waals surface area contributed by atoms with Crippen LogP contribution in [-0.2, 0) is 25.7 Å². The predicted octanol–water partition coefficient (Wildman–Crippen LogP) is 8.18. The van der Waals surface area contributed by atoms with Crippen LogP contribution in [0.1, 0.15) is 95.1 Å². The highest BCUT2D eigenvalue weighted by Crippen LogP contribution is 2.52. The maximum Gasteiger partial charge on any atom is 0.0715 e. The van der Waals surface area contributed by atoms with Gasteiger partial charge in [0.25, 0.3) is 0 Å². The van der Waals surface area contributed by atoms with Crippen molar-refractivity contribution < 1.29 is 0 Å². The molecule has 0 saturated carbocycles. The van der Waals surface area contributed by atoms with Gasteiger partial charge in [0, 0.05) is 0 Å². The summed E-state index contributed by atoms with van der Waals surface area (Å²) in [5.41, 5.74) is 15.9. The van der Waals surface area contributed by atoms with Crippen molar-refractivity contribution in [1.29, 1.82) is 0 Å². The van der Waals surface area contributed by atoms with Gasteiger partial charge in [0.1, 0.15) is 0 Å². The Balaban J connectivity index is 1.44. The number of aryl methyl sites for hydroxylation is 4. The van der Waals surface area contributed by atoms with Gasteiger partial charge in [-0.05, 0) is 112 Å². The lowest BCUT2D eigenvalue weighted by Crippen LogP contribution is -2.40. The SMILES string of the molecule is CCCC(C)C1=CC([Si](C)(C)C2C=Cc3cc4c(cc32)CCC4)c2cc3c(cc21)CCC3. The molecule has 2 aromatic carbocycles. The van der Waals surface area contributed by atoms with E-state index in [0.29, 0.717) is 17.0 Å². The van der Waals surface area contributed by atoms with Crippen molar-refractivity contribution >= 4 is 19.7 Å². The van der Waals surface area contributed by atoms with Crippen LogP contribution in [0.2, 0.25) is 13.1 Å². The lowest BCUT2D eigenvalue weighted by atomic mass is 9.90. The van der Waals surface area contributed by atoms with Gasteiger partial charge < -0.3 is 0 Å². The second-order valence-corrected chi connectivity index (χ2v) is 16.5. The molecule has 0 aromatic heterocycles. The van der Waals surface area contributed by atoms with Crippen LogP contribution in [0.4, 0.5) is 0 Å². The molecule has 4 aliphatic rings. The average Bonchev–Trinajstić information content (AvgIpc) is 3.54. The fraction of sp³-hybridized carbons (Fsp3) is 0.484. The molecule has 0 bridgehead atoms.